The van der Waals surface area contributed by atoms with Crippen molar-refractivity contribution in [2.75, 3.05) is 11.4 Å². The van der Waals surface area contributed by atoms with Crippen molar-refractivity contribution in [2.24, 2.45) is 0 Å². The second-order valence-electron chi connectivity index (χ2n) is 7.62. The number of fused-ring (bicyclic) bond motifs is 2. The maximum absolute atomic E-state index is 13.6. The largest absolute Gasteiger partial charge is 0.310 e. The molecule has 1 aliphatic heterocycles. The van der Waals surface area contributed by atoms with Crippen LogP contribution in [0.3, 0.4) is 0 Å². The Hall–Kier alpha value is -3.14. The molecule has 3 aromatic carbocycles. The van der Waals surface area contributed by atoms with Crippen LogP contribution < -0.4 is 9.62 Å². The zero-order valence-corrected chi connectivity index (χ0v) is 18.6. The van der Waals surface area contributed by atoms with Crippen LogP contribution in [0.5, 0.6) is 0 Å². The molecular weight excluding hydrogens is 444 g/mol. The molecular formula is C23H20N4O3S2. The fraction of sp³-hybridized carbons (Fsp3) is 0.174. The molecule has 0 bridgehead atoms. The Kier molecular flexibility index (Phi) is 5.46. The van der Waals surface area contributed by atoms with Crippen LogP contribution >= 0.6 is 11.7 Å². The minimum atomic E-state index is -4.02. The fourth-order valence-electron chi connectivity index (χ4n) is 4.03. The summed E-state index contributed by atoms with van der Waals surface area (Å²) in [4.78, 5) is 15.3. The van der Waals surface area contributed by atoms with Crippen molar-refractivity contribution < 1.29 is 13.2 Å². The first kappa shape index (κ1) is 20.7. The first-order valence-electron chi connectivity index (χ1n) is 10.2. The van der Waals surface area contributed by atoms with Gasteiger partial charge in [0.1, 0.15) is 22.0 Å². The topological polar surface area (TPSA) is 92.3 Å². The zero-order chi connectivity index (χ0) is 22.1. The first-order valence-corrected chi connectivity index (χ1v) is 12.4. The van der Waals surface area contributed by atoms with Crippen LogP contribution in [0.4, 0.5) is 5.69 Å². The SMILES string of the molecule is O=C(C(Cc1ccccc1)NS(=O)(=O)c1cccc2nsnc12)N1CCc2ccccc21. The van der Waals surface area contributed by atoms with E-state index in [0.717, 1.165) is 35.0 Å². The molecule has 1 atom stereocenters. The molecule has 2 heterocycles. The number of carbonyl (C=O) groups is 1. The highest BCUT2D eigenvalue weighted by Crippen LogP contribution is 2.29. The summed E-state index contributed by atoms with van der Waals surface area (Å²) >= 11 is 0.956. The Balaban J connectivity index is 1.50. The number of nitrogens with one attached hydrogen (secondary N) is 1. The highest BCUT2D eigenvalue weighted by Gasteiger charge is 2.34. The number of amides is 1. The average Bonchev–Trinajstić information content (AvgIpc) is 3.45. The molecule has 7 nitrogen and oxygen atoms in total. The Morgan fingerprint density at radius 3 is 2.62 bits per heavy atom. The van der Waals surface area contributed by atoms with Gasteiger partial charge < -0.3 is 4.90 Å². The first-order chi connectivity index (χ1) is 15.5. The number of aromatic nitrogens is 2. The van der Waals surface area contributed by atoms with Crippen LogP contribution in [-0.4, -0.2) is 35.7 Å². The molecule has 4 aromatic rings. The number of anilines is 1. The number of sulfonamides is 1. The minimum absolute atomic E-state index is 0.0245. The molecule has 9 heteroatoms. The van der Waals surface area contributed by atoms with E-state index < -0.39 is 16.1 Å². The summed E-state index contributed by atoms with van der Waals surface area (Å²) in [5.74, 6) is -0.272. The van der Waals surface area contributed by atoms with Gasteiger partial charge in [-0.3, -0.25) is 4.79 Å². The number of rotatable bonds is 6. The lowest BCUT2D eigenvalue weighted by atomic mass is 10.1. The lowest BCUT2D eigenvalue weighted by Crippen LogP contribution is -2.49. The molecule has 5 rings (SSSR count). The summed E-state index contributed by atoms with van der Waals surface area (Å²) in [6.45, 7) is 0.525. The number of hydrogen-bond acceptors (Lipinski definition) is 6. The summed E-state index contributed by atoms with van der Waals surface area (Å²) < 4.78 is 37.7. The van der Waals surface area contributed by atoms with Crippen LogP contribution in [0.15, 0.2) is 77.7 Å². The monoisotopic (exact) mass is 464 g/mol. The quantitative estimate of drug-likeness (QED) is 0.473. The van der Waals surface area contributed by atoms with Crippen molar-refractivity contribution >= 4 is 44.4 Å². The predicted molar refractivity (Wildman–Crippen MR) is 124 cm³/mol. The fourth-order valence-corrected chi connectivity index (χ4v) is 5.99. The van der Waals surface area contributed by atoms with Crippen molar-refractivity contribution in [1.82, 2.24) is 13.5 Å². The summed E-state index contributed by atoms with van der Waals surface area (Å²) in [5.41, 5.74) is 3.61. The highest BCUT2D eigenvalue weighted by molar-refractivity contribution is 7.89. The molecule has 1 aromatic heterocycles. The normalized spacial score (nSPS) is 14.4. The second kappa shape index (κ2) is 8.42. The molecule has 0 saturated heterocycles. The molecule has 1 unspecified atom stereocenters. The van der Waals surface area contributed by atoms with Gasteiger partial charge in [-0.2, -0.15) is 13.5 Å². The summed E-state index contributed by atoms with van der Waals surface area (Å²) in [7, 11) is -4.02. The third kappa shape index (κ3) is 3.90. The van der Waals surface area contributed by atoms with Crippen molar-refractivity contribution in [2.45, 2.75) is 23.8 Å². The third-order valence-electron chi connectivity index (χ3n) is 5.57. The van der Waals surface area contributed by atoms with E-state index >= 15 is 0 Å². The smallest absolute Gasteiger partial charge is 0.245 e. The number of benzene rings is 3. The van der Waals surface area contributed by atoms with E-state index in [-0.39, 0.29) is 17.2 Å². The number of carbonyl (C=O) groups excluding carboxylic acids is 1. The third-order valence-corrected chi connectivity index (χ3v) is 7.62. The van der Waals surface area contributed by atoms with Gasteiger partial charge in [0.15, 0.2) is 0 Å². The molecule has 1 aliphatic rings. The number of para-hydroxylation sites is 1. The van der Waals surface area contributed by atoms with Crippen LogP contribution in [0.2, 0.25) is 0 Å². The van der Waals surface area contributed by atoms with Crippen LogP contribution in [0.1, 0.15) is 11.1 Å². The van der Waals surface area contributed by atoms with E-state index in [9.17, 15) is 13.2 Å². The molecule has 0 spiro atoms. The molecule has 0 aliphatic carbocycles. The van der Waals surface area contributed by atoms with E-state index in [1.165, 1.54) is 6.07 Å². The maximum atomic E-state index is 13.6. The Morgan fingerprint density at radius 1 is 1.00 bits per heavy atom. The average molecular weight is 465 g/mol. The van der Waals surface area contributed by atoms with E-state index in [0.29, 0.717) is 17.6 Å². The molecule has 0 saturated carbocycles. The molecule has 0 radical (unpaired) electrons. The number of hydrogen-bond donors (Lipinski definition) is 1. The van der Waals surface area contributed by atoms with Crippen LogP contribution in [-0.2, 0) is 27.7 Å². The Labute approximate surface area is 190 Å². The van der Waals surface area contributed by atoms with Gasteiger partial charge in [-0.15, -0.1) is 0 Å². The zero-order valence-electron chi connectivity index (χ0n) is 17.0. The van der Waals surface area contributed by atoms with Crippen LogP contribution in [0.25, 0.3) is 11.0 Å². The van der Waals surface area contributed by atoms with E-state index in [1.807, 2.05) is 54.6 Å². The van der Waals surface area contributed by atoms with Crippen molar-refractivity contribution in [3.63, 3.8) is 0 Å². The Morgan fingerprint density at radius 2 is 1.78 bits per heavy atom. The molecule has 162 valence electrons. The van der Waals surface area contributed by atoms with E-state index in [2.05, 4.69) is 13.5 Å². The van der Waals surface area contributed by atoms with E-state index in [1.54, 1.807) is 17.0 Å². The maximum Gasteiger partial charge on any atom is 0.245 e. The Bertz CT molecular complexity index is 1390. The standard InChI is InChI=1S/C23H20N4O3S2/c28-23(27-14-13-17-9-4-5-11-20(17)27)19(15-16-7-2-1-3-8-16)26-32(29,30)21-12-6-10-18-22(21)25-31-24-18/h1-12,19,26H,13-15H2. The van der Waals surface area contributed by atoms with Gasteiger partial charge in [0, 0.05) is 12.2 Å². The number of nitrogens with zero attached hydrogens (tertiary/aromatic N) is 3. The summed E-state index contributed by atoms with van der Waals surface area (Å²) in [6.07, 6.45) is 0.985. The van der Waals surface area contributed by atoms with Gasteiger partial charge in [0.2, 0.25) is 15.9 Å². The van der Waals surface area contributed by atoms with Crippen LogP contribution in [0, 0.1) is 0 Å². The summed E-state index contributed by atoms with van der Waals surface area (Å²) in [6, 6.07) is 21.0. The van der Waals surface area contributed by atoms with Crippen molar-refractivity contribution in [1.29, 1.82) is 0 Å². The van der Waals surface area contributed by atoms with Gasteiger partial charge in [0.25, 0.3) is 0 Å². The highest BCUT2D eigenvalue weighted by atomic mass is 32.2. The second-order valence-corrected chi connectivity index (χ2v) is 9.83. The molecule has 1 N–H and O–H groups in total. The van der Waals surface area contributed by atoms with Gasteiger partial charge in [-0.25, -0.2) is 8.42 Å². The van der Waals surface area contributed by atoms with Gasteiger partial charge in [-0.1, -0.05) is 54.6 Å². The summed E-state index contributed by atoms with van der Waals surface area (Å²) in [5, 5.41) is 0. The minimum Gasteiger partial charge on any atom is -0.310 e. The van der Waals surface area contributed by atoms with Gasteiger partial charge >= 0.3 is 0 Å². The molecule has 0 fully saturated rings. The lowest BCUT2D eigenvalue weighted by Gasteiger charge is -2.25. The lowest BCUT2D eigenvalue weighted by molar-refractivity contribution is -0.120. The predicted octanol–water partition coefficient (Wildman–Crippen LogP) is 3.17. The van der Waals surface area contributed by atoms with Crippen molar-refractivity contribution in [3.05, 3.63) is 83.9 Å². The van der Waals surface area contributed by atoms with Crippen molar-refractivity contribution in [3.8, 4) is 0 Å². The molecule has 1 amide bonds. The molecule has 32 heavy (non-hydrogen) atoms. The van der Waals surface area contributed by atoms with E-state index in [4.69, 9.17) is 0 Å². The van der Waals surface area contributed by atoms with Gasteiger partial charge in [-0.05, 0) is 42.2 Å². The van der Waals surface area contributed by atoms with Gasteiger partial charge in [0.05, 0.1) is 11.7 Å².